The number of hydrogen-bond donors (Lipinski definition) is 1. The number of rotatable bonds is 4. The molecule has 122 valence electrons. The van der Waals surface area contributed by atoms with Crippen molar-refractivity contribution in [2.75, 3.05) is 13.7 Å². The van der Waals surface area contributed by atoms with Gasteiger partial charge in [-0.1, -0.05) is 17.7 Å². The van der Waals surface area contributed by atoms with Crippen LogP contribution in [0, 0.1) is 12.8 Å². The number of halogens is 1. The molecule has 0 aromatic heterocycles. The Morgan fingerprint density at radius 2 is 2.14 bits per heavy atom. The number of aliphatic carboxylic acids is 1. The number of carboxylic acids is 1. The van der Waals surface area contributed by atoms with Crippen molar-refractivity contribution >= 4 is 27.6 Å². The highest BCUT2D eigenvalue weighted by molar-refractivity contribution is 7.89. The van der Waals surface area contributed by atoms with Crippen LogP contribution in [-0.2, 0) is 19.6 Å². The molecule has 0 saturated carbocycles. The molecular formula is C14H18ClNO5S. The number of nitrogens with zero attached hydrogens (tertiary/aromatic N) is 1. The molecule has 0 amide bonds. The summed E-state index contributed by atoms with van der Waals surface area (Å²) in [6.07, 6.45) is -0.166. The standard InChI is InChI=1S/C14H18ClNO5S/c1-9-5-6-10(8-12(9)15)22(19,20)16-7-3-4-11(14(17)18)13(16)21-2/h5-6,8,11,13H,3-4,7H2,1-2H3,(H,17,18). The molecule has 1 aromatic carbocycles. The van der Waals surface area contributed by atoms with Crippen LogP contribution in [0.1, 0.15) is 18.4 Å². The first-order valence-electron chi connectivity index (χ1n) is 6.82. The van der Waals surface area contributed by atoms with Crippen LogP contribution in [0.2, 0.25) is 5.02 Å². The minimum absolute atomic E-state index is 0.0381. The van der Waals surface area contributed by atoms with Gasteiger partial charge in [0.1, 0.15) is 6.23 Å². The zero-order valence-electron chi connectivity index (χ0n) is 12.3. The van der Waals surface area contributed by atoms with E-state index in [1.807, 2.05) is 0 Å². The summed E-state index contributed by atoms with van der Waals surface area (Å²) in [5.74, 6) is -1.94. The summed E-state index contributed by atoms with van der Waals surface area (Å²) >= 11 is 6.00. The van der Waals surface area contributed by atoms with Gasteiger partial charge in [-0.05, 0) is 37.5 Å². The van der Waals surface area contributed by atoms with Crippen molar-refractivity contribution in [3.8, 4) is 0 Å². The van der Waals surface area contributed by atoms with Crippen molar-refractivity contribution in [3.63, 3.8) is 0 Å². The molecule has 2 rings (SSSR count). The van der Waals surface area contributed by atoms with Gasteiger partial charge in [-0.25, -0.2) is 8.42 Å². The predicted molar refractivity (Wildman–Crippen MR) is 81.2 cm³/mol. The van der Waals surface area contributed by atoms with Crippen molar-refractivity contribution in [1.29, 1.82) is 0 Å². The molecule has 1 aromatic rings. The summed E-state index contributed by atoms with van der Waals surface area (Å²) in [7, 11) is -2.55. The summed E-state index contributed by atoms with van der Waals surface area (Å²) in [5.41, 5.74) is 0.769. The summed E-state index contributed by atoms with van der Waals surface area (Å²) in [4.78, 5) is 11.3. The largest absolute Gasteiger partial charge is 0.481 e. The lowest BCUT2D eigenvalue weighted by molar-refractivity contribution is -0.154. The zero-order valence-corrected chi connectivity index (χ0v) is 13.9. The third kappa shape index (κ3) is 3.12. The Balaban J connectivity index is 2.42. The van der Waals surface area contributed by atoms with E-state index >= 15 is 0 Å². The molecule has 1 N–H and O–H groups in total. The monoisotopic (exact) mass is 347 g/mol. The Morgan fingerprint density at radius 1 is 1.45 bits per heavy atom. The van der Waals surface area contributed by atoms with Crippen LogP contribution in [0.3, 0.4) is 0 Å². The molecule has 0 radical (unpaired) electrons. The maximum atomic E-state index is 12.8. The second-order valence-electron chi connectivity index (χ2n) is 5.24. The van der Waals surface area contributed by atoms with Crippen molar-refractivity contribution in [2.24, 2.45) is 5.92 Å². The Kier molecular flexibility index (Phi) is 5.11. The van der Waals surface area contributed by atoms with E-state index < -0.39 is 28.1 Å². The number of benzene rings is 1. The molecule has 2 unspecified atom stereocenters. The smallest absolute Gasteiger partial charge is 0.310 e. The van der Waals surface area contributed by atoms with E-state index in [2.05, 4.69) is 0 Å². The SMILES string of the molecule is COC1C(C(=O)O)CCCN1S(=O)(=O)c1ccc(C)c(Cl)c1. The molecule has 1 aliphatic heterocycles. The number of carboxylic acid groups (broad SMARTS) is 1. The first kappa shape index (κ1) is 17.2. The van der Waals surface area contributed by atoms with Gasteiger partial charge in [-0.3, -0.25) is 4.79 Å². The minimum atomic E-state index is -3.87. The van der Waals surface area contributed by atoms with E-state index in [1.165, 1.54) is 19.2 Å². The van der Waals surface area contributed by atoms with Gasteiger partial charge in [0.25, 0.3) is 0 Å². The summed E-state index contributed by atoms with van der Waals surface area (Å²) < 4.78 is 31.8. The molecule has 8 heteroatoms. The molecule has 22 heavy (non-hydrogen) atoms. The Bertz CT molecular complexity index is 676. The zero-order chi connectivity index (χ0) is 16.5. The number of methoxy groups -OCH3 is 1. The van der Waals surface area contributed by atoms with E-state index in [9.17, 15) is 18.3 Å². The van der Waals surface area contributed by atoms with Crippen molar-refractivity contribution < 1.29 is 23.1 Å². The van der Waals surface area contributed by atoms with Gasteiger partial charge in [-0.2, -0.15) is 4.31 Å². The van der Waals surface area contributed by atoms with Crippen LogP contribution in [0.25, 0.3) is 0 Å². The molecule has 1 heterocycles. The van der Waals surface area contributed by atoms with Gasteiger partial charge >= 0.3 is 5.97 Å². The Morgan fingerprint density at radius 3 is 2.68 bits per heavy atom. The van der Waals surface area contributed by atoms with Crippen LogP contribution in [0.4, 0.5) is 0 Å². The maximum absolute atomic E-state index is 12.8. The first-order chi connectivity index (χ1) is 10.3. The Hall–Kier alpha value is -1.15. The summed E-state index contributed by atoms with van der Waals surface area (Å²) in [6.45, 7) is 1.99. The fourth-order valence-corrected chi connectivity index (χ4v) is 4.49. The van der Waals surface area contributed by atoms with E-state index in [4.69, 9.17) is 16.3 Å². The van der Waals surface area contributed by atoms with Gasteiger partial charge < -0.3 is 9.84 Å². The predicted octanol–water partition coefficient (Wildman–Crippen LogP) is 2.11. The number of hydrogen-bond acceptors (Lipinski definition) is 4. The third-order valence-corrected chi connectivity index (χ3v) is 6.09. The van der Waals surface area contributed by atoms with Crippen LogP contribution in [-0.4, -0.2) is 43.7 Å². The lowest BCUT2D eigenvalue weighted by Crippen LogP contribution is -2.51. The topological polar surface area (TPSA) is 83.9 Å². The Labute approximate surface area is 134 Å². The number of sulfonamides is 1. The van der Waals surface area contributed by atoms with E-state index in [0.717, 1.165) is 9.87 Å². The highest BCUT2D eigenvalue weighted by atomic mass is 35.5. The third-order valence-electron chi connectivity index (χ3n) is 3.83. The average Bonchev–Trinajstić information content (AvgIpc) is 2.48. The number of carbonyl (C=O) groups is 1. The van der Waals surface area contributed by atoms with Gasteiger partial charge in [-0.15, -0.1) is 0 Å². The molecule has 6 nitrogen and oxygen atoms in total. The molecule has 1 aliphatic rings. The van der Waals surface area contributed by atoms with Crippen molar-refractivity contribution in [2.45, 2.75) is 30.9 Å². The molecule has 0 bridgehead atoms. The van der Waals surface area contributed by atoms with Crippen molar-refractivity contribution in [1.82, 2.24) is 4.31 Å². The molecule has 1 fully saturated rings. The number of ether oxygens (including phenoxy) is 1. The number of piperidine rings is 1. The quantitative estimate of drug-likeness (QED) is 0.901. The van der Waals surface area contributed by atoms with Gasteiger partial charge in [0, 0.05) is 18.7 Å². The van der Waals surface area contributed by atoms with Gasteiger partial charge in [0.15, 0.2) is 0 Å². The van der Waals surface area contributed by atoms with Gasteiger partial charge in [0.2, 0.25) is 10.0 Å². The van der Waals surface area contributed by atoms with E-state index in [-0.39, 0.29) is 11.4 Å². The second kappa shape index (κ2) is 6.54. The van der Waals surface area contributed by atoms with E-state index in [1.54, 1.807) is 13.0 Å². The van der Waals surface area contributed by atoms with Gasteiger partial charge in [0.05, 0.1) is 10.8 Å². The normalized spacial score (nSPS) is 23.4. The maximum Gasteiger partial charge on any atom is 0.310 e. The van der Waals surface area contributed by atoms with Crippen LogP contribution in [0.15, 0.2) is 23.1 Å². The van der Waals surface area contributed by atoms with Crippen molar-refractivity contribution in [3.05, 3.63) is 28.8 Å². The van der Waals surface area contributed by atoms with Crippen LogP contribution < -0.4 is 0 Å². The first-order valence-corrected chi connectivity index (χ1v) is 8.64. The molecular weight excluding hydrogens is 330 g/mol. The fourth-order valence-electron chi connectivity index (χ4n) is 2.59. The summed E-state index contributed by atoms with van der Waals surface area (Å²) in [6, 6.07) is 4.46. The lowest BCUT2D eigenvalue weighted by atomic mass is 9.98. The summed E-state index contributed by atoms with van der Waals surface area (Å²) in [5, 5.41) is 9.60. The highest BCUT2D eigenvalue weighted by Crippen LogP contribution is 2.31. The highest BCUT2D eigenvalue weighted by Gasteiger charge is 2.42. The van der Waals surface area contributed by atoms with Crippen LogP contribution in [0.5, 0.6) is 0 Å². The number of aryl methyl sites for hydroxylation is 1. The molecule has 0 aliphatic carbocycles. The van der Waals surface area contributed by atoms with Crippen LogP contribution >= 0.6 is 11.6 Å². The lowest BCUT2D eigenvalue weighted by Gasteiger charge is -2.37. The van der Waals surface area contributed by atoms with E-state index in [0.29, 0.717) is 17.9 Å². The molecule has 2 atom stereocenters. The molecule has 1 saturated heterocycles. The minimum Gasteiger partial charge on any atom is -0.481 e. The second-order valence-corrected chi connectivity index (χ2v) is 7.54. The molecule has 0 spiro atoms. The fraction of sp³-hybridized carbons (Fsp3) is 0.500. The average molecular weight is 348 g/mol.